The maximum Gasteiger partial charge on any atom is 0.0916 e. The molecule has 1 N–H and O–H groups in total. The van der Waals surface area contributed by atoms with E-state index in [-0.39, 0.29) is 0 Å². The number of aliphatic hydroxyl groups excluding tert-OH is 1. The van der Waals surface area contributed by atoms with Crippen LogP contribution in [0, 0.1) is 5.92 Å². The Hall–Kier alpha value is -1.40. The second-order valence-electron chi connectivity index (χ2n) is 7.71. The Morgan fingerprint density at radius 2 is 2.07 bits per heavy atom. The molecule has 3 atom stereocenters. The summed E-state index contributed by atoms with van der Waals surface area (Å²) >= 11 is 5.95. The van der Waals surface area contributed by atoms with Gasteiger partial charge in [0.1, 0.15) is 0 Å². The van der Waals surface area contributed by atoms with Crippen LogP contribution >= 0.6 is 11.6 Å². The number of benzene rings is 1. The Bertz CT molecular complexity index is 717. The highest BCUT2D eigenvalue weighted by molar-refractivity contribution is 6.30. The lowest BCUT2D eigenvalue weighted by molar-refractivity contribution is 0.0597. The van der Waals surface area contributed by atoms with Gasteiger partial charge >= 0.3 is 0 Å². The van der Waals surface area contributed by atoms with E-state index in [1.54, 1.807) is 0 Å². The average molecular weight is 391 g/mol. The number of halogens is 1. The molecule has 3 rings (SSSR count). The van der Waals surface area contributed by atoms with Crippen LogP contribution in [-0.4, -0.2) is 57.9 Å². The molecule has 1 fully saturated rings. The summed E-state index contributed by atoms with van der Waals surface area (Å²) in [5.74, 6) is 0.533. The maximum absolute atomic E-state index is 10.6. The topological polar surface area (TPSA) is 44.5 Å². The van der Waals surface area contributed by atoms with Gasteiger partial charge in [0.05, 0.1) is 12.3 Å². The highest BCUT2D eigenvalue weighted by Crippen LogP contribution is 2.36. The monoisotopic (exact) mass is 390 g/mol. The molecule has 1 saturated heterocycles. The van der Waals surface area contributed by atoms with Crippen LogP contribution in [0.4, 0.5) is 0 Å². The Kier molecular flexibility index (Phi) is 6.93. The number of piperidine rings is 1. The van der Waals surface area contributed by atoms with Gasteiger partial charge in [-0.2, -0.15) is 5.10 Å². The van der Waals surface area contributed by atoms with E-state index in [0.717, 1.165) is 25.2 Å². The minimum absolute atomic E-state index is 0.396. The lowest BCUT2D eigenvalue weighted by Gasteiger charge is -2.42. The predicted octanol–water partition coefficient (Wildman–Crippen LogP) is 3.51. The molecule has 1 aromatic heterocycles. The highest BCUT2D eigenvalue weighted by atomic mass is 35.5. The number of hydrogen-bond donors (Lipinski definition) is 1. The van der Waals surface area contributed by atoms with Crippen LogP contribution in [-0.2, 0) is 7.05 Å². The number of aromatic nitrogens is 2. The molecule has 0 amide bonds. The smallest absolute Gasteiger partial charge is 0.0916 e. The molecule has 1 aliphatic rings. The van der Waals surface area contributed by atoms with Crippen molar-refractivity contribution in [2.45, 2.75) is 31.9 Å². The summed E-state index contributed by atoms with van der Waals surface area (Å²) in [6.07, 6.45) is 6.08. The van der Waals surface area contributed by atoms with E-state index in [4.69, 9.17) is 11.6 Å². The van der Waals surface area contributed by atoms with Crippen molar-refractivity contribution in [3.8, 4) is 0 Å². The SMILES string of the molecule is CCN1CCC[C@@H](CN(C)C[C@@H](O)c2ccc(Cl)cc2)[C@@H]1c1cnn(C)c1. The van der Waals surface area contributed by atoms with Crippen molar-refractivity contribution in [2.75, 3.05) is 33.2 Å². The van der Waals surface area contributed by atoms with Crippen molar-refractivity contribution in [3.05, 3.63) is 52.8 Å². The fourth-order valence-corrected chi connectivity index (χ4v) is 4.46. The van der Waals surface area contributed by atoms with Gasteiger partial charge in [0.2, 0.25) is 0 Å². The van der Waals surface area contributed by atoms with E-state index in [0.29, 0.717) is 23.5 Å². The molecule has 1 aromatic carbocycles. The molecule has 1 aliphatic heterocycles. The minimum Gasteiger partial charge on any atom is -0.387 e. The molecule has 27 heavy (non-hydrogen) atoms. The van der Waals surface area contributed by atoms with E-state index >= 15 is 0 Å². The summed E-state index contributed by atoms with van der Waals surface area (Å²) in [5.41, 5.74) is 2.21. The first-order chi connectivity index (χ1) is 13.0. The van der Waals surface area contributed by atoms with E-state index < -0.39 is 6.10 Å². The average Bonchev–Trinajstić information content (AvgIpc) is 3.07. The van der Waals surface area contributed by atoms with E-state index in [2.05, 4.69) is 35.1 Å². The van der Waals surface area contributed by atoms with Gasteiger partial charge in [-0.3, -0.25) is 9.58 Å². The fourth-order valence-electron chi connectivity index (χ4n) is 4.33. The molecular formula is C21H31ClN4O. The lowest BCUT2D eigenvalue weighted by atomic mass is 9.85. The number of hydrogen-bond acceptors (Lipinski definition) is 4. The summed E-state index contributed by atoms with van der Waals surface area (Å²) in [6, 6.07) is 7.86. The minimum atomic E-state index is -0.505. The molecule has 6 heteroatoms. The van der Waals surface area contributed by atoms with Gasteiger partial charge in [-0.1, -0.05) is 30.7 Å². The number of rotatable bonds is 7. The molecule has 2 heterocycles. The predicted molar refractivity (Wildman–Crippen MR) is 110 cm³/mol. The zero-order valence-electron chi connectivity index (χ0n) is 16.6. The lowest BCUT2D eigenvalue weighted by Crippen LogP contribution is -2.43. The molecule has 0 saturated carbocycles. The Morgan fingerprint density at radius 3 is 2.70 bits per heavy atom. The highest BCUT2D eigenvalue weighted by Gasteiger charge is 2.33. The fraction of sp³-hybridized carbons (Fsp3) is 0.571. The van der Waals surface area contributed by atoms with Crippen LogP contribution < -0.4 is 0 Å². The van der Waals surface area contributed by atoms with Gasteiger partial charge in [-0.05, 0) is 56.6 Å². The summed E-state index contributed by atoms with van der Waals surface area (Å²) in [7, 11) is 4.08. The summed E-state index contributed by atoms with van der Waals surface area (Å²) in [6.45, 7) is 6.00. The Labute approximate surface area is 167 Å². The van der Waals surface area contributed by atoms with Crippen LogP contribution in [0.15, 0.2) is 36.7 Å². The zero-order valence-corrected chi connectivity index (χ0v) is 17.3. The van der Waals surface area contributed by atoms with Crippen molar-refractivity contribution < 1.29 is 5.11 Å². The van der Waals surface area contributed by atoms with E-state index in [9.17, 15) is 5.11 Å². The first-order valence-electron chi connectivity index (χ1n) is 9.82. The summed E-state index contributed by atoms with van der Waals surface area (Å²) in [5, 5.41) is 15.7. The molecule has 0 unspecified atom stereocenters. The second-order valence-corrected chi connectivity index (χ2v) is 8.15. The van der Waals surface area contributed by atoms with Crippen LogP contribution in [0.2, 0.25) is 5.02 Å². The number of aryl methyl sites for hydroxylation is 1. The molecular weight excluding hydrogens is 360 g/mol. The number of nitrogens with zero attached hydrogens (tertiary/aromatic N) is 4. The van der Waals surface area contributed by atoms with Crippen LogP contribution in [0.5, 0.6) is 0 Å². The maximum atomic E-state index is 10.6. The molecule has 0 spiro atoms. The molecule has 0 bridgehead atoms. The zero-order chi connectivity index (χ0) is 19.4. The molecule has 2 aromatic rings. The number of likely N-dealkylation sites (N-methyl/N-ethyl adjacent to an activating group) is 1. The summed E-state index contributed by atoms with van der Waals surface area (Å²) < 4.78 is 1.89. The molecule has 0 radical (unpaired) electrons. The van der Waals surface area contributed by atoms with Crippen molar-refractivity contribution in [2.24, 2.45) is 13.0 Å². The first-order valence-corrected chi connectivity index (χ1v) is 10.2. The Morgan fingerprint density at radius 1 is 1.33 bits per heavy atom. The van der Waals surface area contributed by atoms with Crippen LogP contribution in [0.3, 0.4) is 0 Å². The first kappa shape index (κ1) is 20.3. The quantitative estimate of drug-likeness (QED) is 0.785. The van der Waals surface area contributed by atoms with Crippen molar-refractivity contribution in [3.63, 3.8) is 0 Å². The van der Waals surface area contributed by atoms with Gasteiger partial charge in [0.25, 0.3) is 0 Å². The van der Waals surface area contributed by atoms with Gasteiger partial charge < -0.3 is 10.0 Å². The third-order valence-electron chi connectivity index (χ3n) is 5.62. The summed E-state index contributed by atoms with van der Waals surface area (Å²) in [4.78, 5) is 4.82. The normalized spacial score (nSPS) is 22.3. The third kappa shape index (κ3) is 5.11. The van der Waals surface area contributed by atoms with Gasteiger partial charge in [-0.15, -0.1) is 0 Å². The molecule has 148 valence electrons. The standard InChI is InChI=1S/C21H31ClN4O/c1-4-26-11-5-6-17(21(26)18-12-23-25(3)14-18)13-24(2)15-20(27)16-7-9-19(22)10-8-16/h7-10,12,14,17,20-21,27H,4-6,11,13,15H2,1-3H3/t17-,20+,21+/m0/s1. The Balaban J connectivity index is 1.67. The van der Waals surface area contributed by atoms with Gasteiger partial charge in [-0.25, -0.2) is 0 Å². The third-order valence-corrected chi connectivity index (χ3v) is 5.87. The van der Waals surface area contributed by atoms with Crippen molar-refractivity contribution in [1.82, 2.24) is 19.6 Å². The van der Waals surface area contributed by atoms with Crippen molar-refractivity contribution in [1.29, 1.82) is 0 Å². The second kappa shape index (κ2) is 9.20. The largest absolute Gasteiger partial charge is 0.387 e. The van der Waals surface area contributed by atoms with Gasteiger partial charge in [0.15, 0.2) is 0 Å². The number of aliphatic hydroxyl groups is 1. The molecule has 0 aliphatic carbocycles. The number of likely N-dealkylation sites (tertiary alicyclic amines) is 1. The van der Waals surface area contributed by atoms with Gasteiger partial charge in [0, 0.05) is 43.0 Å². The van der Waals surface area contributed by atoms with E-state index in [1.807, 2.05) is 42.2 Å². The van der Waals surface area contributed by atoms with E-state index in [1.165, 1.54) is 18.4 Å². The van der Waals surface area contributed by atoms with Crippen LogP contribution in [0.1, 0.15) is 43.0 Å². The van der Waals surface area contributed by atoms with Crippen LogP contribution in [0.25, 0.3) is 0 Å². The van der Waals surface area contributed by atoms with Crippen molar-refractivity contribution >= 4 is 11.6 Å². The molecule has 5 nitrogen and oxygen atoms in total.